The second-order valence-electron chi connectivity index (χ2n) is 5.92. The summed E-state index contributed by atoms with van der Waals surface area (Å²) in [5, 5.41) is 12.7. The third kappa shape index (κ3) is 4.99. The van der Waals surface area contributed by atoms with Gasteiger partial charge in [-0.25, -0.2) is 0 Å². The summed E-state index contributed by atoms with van der Waals surface area (Å²) in [6, 6.07) is 15.1. The van der Waals surface area contributed by atoms with Crippen molar-refractivity contribution in [2.24, 2.45) is 0 Å². The van der Waals surface area contributed by atoms with Crippen LogP contribution in [0.3, 0.4) is 0 Å². The number of amides is 1. The molecule has 5 nitrogen and oxygen atoms in total. The van der Waals surface area contributed by atoms with Crippen LogP contribution >= 0.6 is 23.4 Å². The average Bonchev–Trinajstić information content (AvgIpc) is 3.05. The average molecular weight is 399 g/mol. The number of anilines is 1. The Bertz CT molecular complexity index is 953. The highest BCUT2D eigenvalue weighted by Gasteiger charge is 2.15. The van der Waals surface area contributed by atoms with Crippen molar-refractivity contribution in [2.75, 3.05) is 11.1 Å². The van der Waals surface area contributed by atoms with Gasteiger partial charge in [0.15, 0.2) is 11.0 Å². The molecule has 0 saturated carbocycles. The zero-order valence-electron chi connectivity index (χ0n) is 14.9. The lowest BCUT2D eigenvalue weighted by Crippen LogP contribution is -2.14. The number of carbonyl (C=O) groups excluding carboxylic acids is 1. The van der Waals surface area contributed by atoms with Crippen LogP contribution in [0.25, 0.3) is 11.4 Å². The van der Waals surface area contributed by atoms with Crippen LogP contribution in [0.15, 0.2) is 66.3 Å². The fourth-order valence-corrected chi connectivity index (χ4v) is 3.42. The molecule has 1 aromatic heterocycles. The summed E-state index contributed by atoms with van der Waals surface area (Å²) >= 11 is 7.20. The van der Waals surface area contributed by atoms with Crippen LogP contribution in [0, 0.1) is 6.92 Å². The van der Waals surface area contributed by atoms with Crippen molar-refractivity contribution >= 4 is 35.0 Å². The molecule has 3 rings (SSSR count). The highest BCUT2D eigenvalue weighted by atomic mass is 35.5. The zero-order valence-corrected chi connectivity index (χ0v) is 16.4. The molecule has 2 aromatic carbocycles. The zero-order chi connectivity index (χ0) is 19.2. The van der Waals surface area contributed by atoms with Gasteiger partial charge in [0.1, 0.15) is 0 Å². The maximum absolute atomic E-state index is 12.2. The molecule has 27 heavy (non-hydrogen) atoms. The minimum absolute atomic E-state index is 0.118. The number of allylic oxidation sites excluding steroid dienone is 1. The lowest BCUT2D eigenvalue weighted by molar-refractivity contribution is -0.113. The maximum Gasteiger partial charge on any atom is 0.234 e. The molecule has 0 fully saturated rings. The first-order valence-corrected chi connectivity index (χ1v) is 9.72. The smallest absolute Gasteiger partial charge is 0.234 e. The van der Waals surface area contributed by atoms with E-state index in [9.17, 15) is 4.79 Å². The fourth-order valence-electron chi connectivity index (χ4n) is 2.55. The Hall–Kier alpha value is -2.57. The van der Waals surface area contributed by atoms with Crippen molar-refractivity contribution in [3.05, 3.63) is 71.8 Å². The van der Waals surface area contributed by atoms with Gasteiger partial charge in [0, 0.05) is 22.8 Å². The summed E-state index contributed by atoms with van der Waals surface area (Å²) in [4.78, 5) is 12.2. The second-order valence-corrected chi connectivity index (χ2v) is 7.30. The number of rotatable bonds is 7. The van der Waals surface area contributed by atoms with Gasteiger partial charge >= 0.3 is 0 Å². The van der Waals surface area contributed by atoms with E-state index in [0.717, 1.165) is 17.0 Å². The SMILES string of the molecule is C=CCn1c(SCC(=O)Nc2ccc(Cl)cc2)nnc1-c1cccc(C)c1. The molecular weight excluding hydrogens is 380 g/mol. The number of aromatic nitrogens is 3. The molecule has 0 saturated heterocycles. The molecule has 0 aliphatic carbocycles. The number of carbonyl (C=O) groups is 1. The first-order valence-electron chi connectivity index (χ1n) is 8.36. The van der Waals surface area contributed by atoms with E-state index in [0.29, 0.717) is 22.4 Å². The molecule has 138 valence electrons. The van der Waals surface area contributed by atoms with Gasteiger partial charge in [-0.2, -0.15) is 0 Å². The molecular formula is C20H19ClN4OS. The maximum atomic E-state index is 12.2. The molecule has 0 aliphatic heterocycles. The van der Waals surface area contributed by atoms with Crippen LogP contribution in [0.4, 0.5) is 5.69 Å². The lowest BCUT2D eigenvalue weighted by Gasteiger charge is -2.08. The minimum atomic E-state index is -0.118. The third-order valence-corrected chi connectivity index (χ3v) is 4.98. The van der Waals surface area contributed by atoms with Gasteiger partial charge in [-0.15, -0.1) is 16.8 Å². The molecule has 7 heteroatoms. The van der Waals surface area contributed by atoms with Crippen LogP contribution < -0.4 is 5.32 Å². The highest BCUT2D eigenvalue weighted by molar-refractivity contribution is 7.99. The number of benzene rings is 2. The summed E-state index contributed by atoms with van der Waals surface area (Å²) in [6.07, 6.45) is 1.79. The van der Waals surface area contributed by atoms with E-state index >= 15 is 0 Å². The van der Waals surface area contributed by atoms with Gasteiger partial charge in [0.2, 0.25) is 5.91 Å². The summed E-state index contributed by atoms with van der Waals surface area (Å²) in [7, 11) is 0. The van der Waals surface area contributed by atoms with Crippen molar-refractivity contribution in [3.63, 3.8) is 0 Å². The van der Waals surface area contributed by atoms with Crippen molar-refractivity contribution in [3.8, 4) is 11.4 Å². The fraction of sp³-hybridized carbons (Fsp3) is 0.150. The summed E-state index contributed by atoms with van der Waals surface area (Å²) in [5.41, 5.74) is 2.84. The van der Waals surface area contributed by atoms with Crippen LogP contribution in [0.2, 0.25) is 5.02 Å². The Morgan fingerprint density at radius 2 is 2.04 bits per heavy atom. The van der Waals surface area contributed by atoms with E-state index < -0.39 is 0 Å². The molecule has 0 atom stereocenters. The third-order valence-electron chi connectivity index (χ3n) is 3.77. The summed E-state index contributed by atoms with van der Waals surface area (Å²) < 4.78 is 1.96. The number of nitrogens with one attached hydrogen (secondary N) is 1. The Morgan fingerprint density at radius 1 is 1.26 bits per heavy atom. The van der Waals surface area contributed by atoms with E-state index in [2.05, 4.69) is 28.2 Å². The van der Waals surface area contributed by atoms with Crippen molar-refractivity contribution in [1.82, 2.24) is 14.8 Å². The summed E-state index contributed by atoms with van der Waals surface area (Å²) in [5.74, 6) is 0.873. The van der Waals surface area contributed by atoms with Gasteiger partial charge in [-0.05, 0) is 37.3 Å². The minimum Gasteiger partial charge on any atom is -0.325 e. The molecule has 0 aliphatic rings. The molecule has 0 radical (unpaired) electrons. The first kappa shape index (κ1) is 19.2. The lowest BCUT2D eigenvalue weighted by atomic mass is 10.1. The number of aryl methyl sites for hydroxylation is 1. The predicted octanol–water partition coefficient (Wildman–Crippen LogP) is 4.82. The Morgan fingerprint density at radius 3 is 2.74 bits per heavy atom. The molecule has 0 unspecified atom stereocenters. The van der Waals surface area contributed by atoms with Crippen molar-refractivity contribution in [2.45, 2.75) is 18.6 Å². The Balaban J connectivity index is 1.72. The van der Waals surface area contributed by atoms with Crippen LogP contribution in [0.5, 0.6) is 0 Å². The number of hydrogen-bond acceptors (Lipinski definition) is 4. The molecule has 3 aromatic rings. The molecule has 1 heterocycles. The van der Waals surface area contributed by atoms with Crippen molar-refractivity contribution < 1.29 is 4.79 Å². The van der Waals surface area contributed by atoms with Crippen molar-refractivity contribution in [1.29, 1.82) is 0 Å². The highest BCUT2D eigenvalue weighted by Crippen LogP contribution is 2.25. The van der Waals surface area contributed by atoms with Gasteiger partial charge in [0.05, 0.1) is 5.75 Å². The van der Waals surface area contributed by atoms with E-state index in [-0.39, 0.29) is 11.7 Å². The number of thioether (sulfide) groups is 1. The second kappa shape index (κ2) is 8.88. The molecule has 0 spiro atoms. The van der Waals surface area contributed by atoms with Gasteiger partial charge in [0.25, 0.3) is 0 Å². The number of halogens is 1. The Kier molecular flexibility index (Phi) is 6.32. The topological polar surface area (TPSA) is 59.8 Å². The van der Waals surface area contributed by atoms with Crippen LogP contribution in [-0.4, -0.2) is 26.4 Å². The Labute approximate surface area is 167 Å². The van der Waals surface area contributed by atoms with Crippen LogP contribution in [0.1, 0.15) is 5.56 Å². The van der Waals surface area contributed by atoms with E-state index in [1.165, 1.54) is 11.8 Å². The standard InChI is InChI=1S/C20H19ClN4OS/c1-3-11-25-19(15-6-4-5-14(2)12-15)23-24-20(25)27-13-18(26)22-17-9-7-16(21)8-10-17/h3-10,12H,1,11,13H2,2H3,(H,22,26). The van der Waals surface area contributed by atoms with Gasteiger partial charge < -0.3 is 5.32 Å². The monoisotopic (exact) mass is 398 g/mol. The van der Waals surface area contributed by atoms with Gasteiger partial charge in [-0.3, -0.25) is 9.36 Å². The molecule has 0 bridgehead atoms. The number of nitrogens with zero attached hydrogens (tertiary/aromatic N) is 3. The number of hydrogen-bond donors (Lipinski definition) is 1. The normalized spacial score (nSPS) is 10.6. The molecule has 1 amide bonds. The van der Waals surface area contributed by atoms with Crippen LogP contribution in [-0.2, 0) is 11.3 Å². The molecule has 1 N–H and O–H groups in total. The van der Waals surface area contributed by atoms with E-state index in [1.54, 1.807) is 30.3 Å². The largest absolute Gasteiger partial charge is 0.325 e. The quantitative estimate of drug-likeness (QED) is 0.457. The van der Waals surface area contributed by atoms with E-state index in [4.69, 9.17) is 11.6 Å². The summed E-state index contributed by atoms with van der Waals surface area (Å²) in [6.45, 7) is 6.41. The van der Waals surface area contributed by atoms with E-state index in [1.807, 2.05) is 29.7 Å². The first-order chi connectivity index (χ1) is 13.1. The predicted molar refractivity (Wildman–Crippen MR) is 111 cm³/mol. The van der Waals surface area contributed by atoms with Gasteiger partial charge in [-0.1, -0.05) is 53.2 Å².